The second-order valence-electron chi connectivity index (χ2n) is 5.53. The Balaban J connectivity index is 3.50. The lowest BCUT2D eigenvalue weighted by molar-refractivity contribution is -0.148. The van der Waals surface area contributed by atoms with Gasteiger partial charge in [0.1, 0.15) is 11.3 Å². The molecule has 0 radical (unpaired) electrons. The van der Waals surface area contributed by atoms with Crippen molar-refractivity contribution in [2.45, 2.75) is 44.9 Å². The van der Waals surface area contributed by atoms with E-state index in [-0.39, 0.29) is 18.4 Å². The number of rotatable bonds is 4. The first-order valence-electron chi connectivity index (χ1n) is 6.41. The van der Waals surface area contributed by atoms with Gasteiger partial charge in [0.15, 0.2) is 11.6 Å². The zero-order valence-electron chi connectivity index (χ0n) is 12.1. The van der Waals surface area contributed by atoms with Crippen molar-refractivity contribution in [1.82, 2.24) is 0 Å². The molecular weight excluding hydrogens is 284 g/mol. The number of aliphatic hydroxyl groups excluding tert-OH is 1. The van der Waals surface area contributed by atoms with Crippen molar-refractivity contribution in [2.24, 2.45) is 5.41 Å². The Kier molecular flexibility index (Phi) is 4.64. The van der Waals surface area contributed by atoms with Gasteiger partial charge in [0, 0.05) is 18.3 Å². The van der Waals surface area contributed by atoms with Crippen LogP contribution in [-0.4, -0.2) is 34.6 Å². The van der Waals surface area contributed by atoms with Gasteiger partial charge in [-0.05, 0) is 6.42 Å². The number of aliphatic hydroxyl groups is 1. The summed E-state index contributed by atoms with van der Waals surface area (Å²) in [5, 5.41) is 10.3. The Hall–Kier alpha value is -1.36. The fraction of sp³-hybridized carbons (Fsp3) is 0.643. The average molecular weight is 303 g/mol. The van der Waals surface area contributed by atoms with E-state index in [2.05, 4.69) is 4.74 Å². The predicted octanol–water partition coefficient (Wildman–Crippen LogP) is 2.32. The molecule has 1 atom stereocenters. The van der Waals surface area contributed by atoms with Gasteiger partial charge in [0.2, 0.25) is 4.87 Å². The van der Waals surface area contributed by atoms with Gasteiger partial charge in [0.05, 0.1) is 7.11 Å². The number of ether oxygens (including phenoxy) is 1. The molecule has 5 nitrogen and oxygen atoms in total. The number of hydrogen-bond acceptors (Lipinski definition) is 5. The Bertz CT molecular complexity index is 492. The first-order chi connectivity index (χ1) is 9.13. The monoisotopic (exact) mass is 302 g/mol. The minimum absolute atomic E-state index is 0.111. The number of halogens is 1. The third kappa shape index (κ3) is 2.35. The third-order valence-corrected chi connectivity index (χ3v) is 4.44. The number of esters is 1. The number of alkyl halides is 1. The second kappa shape index (κ2) is 5.56. The van der Waals surface area contributed by atoms with E-state index in [0.717, 1.165) is 7.11 Å². The van der Waals surface area contributed by atoms with Crippen LogP contribution in [0.15, 0.2) is 11.3 Å². The van der Waals surface area contributed by atoms with Crippen LogP contribution >= 0.6 is 11.6 Å². The largest absolute Gasteiger partial charge is 0.509 e. The van der Waals surface area contributed by atoms with Crippen LogP contribution in [0.3, 0.4) is 0 Å². The normalized spacial score (nSPS) is 25.6. The maximum absolute atomic E-state index is 12.1. The predicted molar refractivity (Wildman–Crippen MR) is 73.6 cm³/mol. The van der Waals surface area contributed by atoms with Gasteiger partial charge >= 0.3 is 5.97 Å². The quantitative estimate of drug-likeness (QED) is 0.489. The fourth-order valence-corrected chi connectivity index (χ4v) is 2.63. The molecule has 0 aromatic rings. The molecule has 20 heavy (non-hydrogen) atoms. The maximum Gasteiger partial charge on any atom is 0.335 e. The van der Waals surface area contributed by atoms with E-state index < -0.39 is 33.6 Å². The summed E-state index contributed by atoms with van der Waals surface area (Å²) in [6.07, 6.45) is 0.528. The summed E-state index contributed by atoms with van der Waals surface area (Å²) in [5.74, 6) is -2.56. The molecule has 1 rings (SSSR count). The summed E-state index contributed by atoms with van der Waals surface area (Å²) in [5.41, 5.74) is -1.43. The number of Topliss-reactive ketones (excluding diaryl/α,β-unsaturated/α-hetero) is 2. The van der Waals surface area contributed by atoms with Gasteiger partial charge < -0.3 is 9.84 Å². The molecule has 0 aromatic carbocycles. The van der Waals surface area contributed by atoms with E-state index in [9.17, 15) is 19.5 Å². The summed E-state index contributed by atoms with van der Waals surface area (Å²) in [7, 11) is 1.14. The Morgan fingerprint density at radius 3 is 2.40 bits per heavy atom. The lowest BCUT2D eigenvalue weighted by Crippen LogP contribution is -2.54. The zero-order chi connectivity index (χ0) is 15.7. The van der Waals surface area contributed by atoms with Gasteiger partial charge in [-0.2, -0.15) is 0 Å². The molecule has 1 aliphatic carbocycles. The van der Waals surface area contributed by atoms with Crippen LogP contribution in [0.4, 0.5) is 0 Å². The van der Waals surface area contributed by atoms with Crippen LogP contribution in [0.2, 0.25) is 0 Å². The molecule has 0 aliphatic heterocycles. The van der Waals surface area contributed by atoms with Crippen molar-refractivity contribution in [3.63, 3.8) is 0 Å². The molecule has 112 valence electrons. The van der Waals surface area contributed by atoms with Crippen LogP contribution in [0.25, 0.3) is 0 Å². The minimum Gasteiger partial charge on any atom is -0.509 e. The molecule has 1 N–H and O–H groups in total. The SMILES string of the molecule is CCCC(=O)C1=C(O)C(Cl)(C(=O)OC)C(C)(C)CC1=O. The Morgan fingerprint density at radius 1 is 1.40 bits per heavy atom. The summed E-state index contributed by atoms with van der Waals surface area (Å²) < 4.78 is 4.63. The van der Waals surface area contributed by atoms with Crippen LogP contribution in [-0.2, 0) is 19.1 Å². The summed E-state index contributed by atoms with van der Waals surface area (Å²) in [6.45, 7) is 4.93. The first-order valence-corrected chi connectivity index (χ1v) is 6.78. The highest BCUT2D eigenvalue weighted by molar-refractivity contribution is 6.39. The molecule has 0 spiro atoms. The molecule has 1 unspecified atom stereocenters. The number of hydrogen-bond donors (Lipinski definition) is 1. The van der Waals surface area contributed by atoms with Gasteiger partial charge in [0.25, 0.3) is 0 Å². The highest BCUT2D eigenvalue weighted by Gasteiger charge is 2.60. The van der Waals surface area contributed by atoms with E-state index >= 15 is 0 Å². The lowest BCUT2D eigenvalue weighted by Gasteiger charge is -2.42. The number of ketones is 2. The van der Waals surface area contributed by atoms with Gasteiger partial charge in [-0.3, -0.25) is 9.59 Å². The molecule has 0 saturated carbocycles. The van der Waals surface area contributed by atoms with Crippen molar-refractivity contribution in [1.29, 1.82) is 0 Å². The molecule has 6 heteroatoms. The number of methoxy groups -OCH3 is 1. The molecule has 0 saturated heterocycles. The highest BCUT2D eigenvalue weighted by atomic mass is 35.5. The molecular formula is C14H19ClO5. The third-order valence-electron chi connectivity index (χ3n) is 3.60. The fourth-order valence-electron chi connectivity index (χ4n) is 2.39. The van der Waals surface area contributed by atoms with Crippen LogP contribution in [0.5, 0.6) is 0 Å². The average Bonchev–Trinajstić information content (AvgIpc) is 2.34. The van der Waals surface area contributed by atoms with E-state index in [1.54, 1.807) is 20.8 Å². The molecule has 1 aliphatic rings. The number of allylic oxidation sites excluding steroid dienone is 1. The van der Waals surface area contributed by atoms with Crippen LogP contribution < -0.4 is 0 Å². The Labute approximate surface area is 122 Å². The number of carbonyl (C=O) groups is 3. The van der Waals surface area contributed by atoms with Gasteiger partial charge in [-0.1, -0.05) is 32.4 Å². The van der Waals surface area contributed by atoms with Crippen molar-refractivity contribution in [3.8, 4) is 0 Å². The van der Waals surface area contributed by atoms with E-state index in [4.69, 9.17) is 11.6 Å². The van der Waals surface area contributed by atoms with Gasteiger partial charge in [-0.25, -0.2) is 4.79 Å². The van der Waals surface area contributed by atoms with Crippen molar-refractivity contribution >= 4 is 29.1 Å². The van der Waals surface area contributed by atoms with Crippen molar-refractivity contribution in [2.75, 3.05) is 7.11 Å². The van der Waals surface area contributed by atoms with Gasteiger partial charge in [-0.15, -0.1) is 0 Å². The topological polar surface area (TPSA) is 80.7 Å². The van der Waals surface area contributed by atoms with Crippen molar-refractivity contribution < 1.29 is 24.2 Å². The van der Waals surface area contributed by atoms with E-state index in [1.807, 2.05) is 0 Å². The lowest BCUT2D eigenvalue weighted by atomic mass is 9.67. The molecule has 0 bridgehead atoms. The molecule has 0 heterocycles. The number of carbonyl (C=O) groups excluding carboxylic acids is 3. The van der Waals surface area contributed by atoms with Crippen LogP contribution in [0, 0.1) is 5.41 Å². The summed E-state index contributed by atoms with van der Waals surface area (Å²) >= 11 is 6.29. The molecule has 0 fully saturated rings. The van der Waals surface area contributed by atoms with E-state index in [0.29, 0.717) is 6.42 Å². The van der Waals surface area contributed by atoms with Crippen LogP contribution in [0.1, 0.15) is 40.0 Å². The van der Waals surface area contributed by atoms with E-state index in [1.165, 1.54) is 0 Å². The molecule has 0 amide bonds. The molecule has 0 aromatic heterocycles. The Morgan fingerprint density at radius 2 is 1.95 bits per heavy atom. The highest BCUT2D eigenvalue weighted by Crippen LogP contribution is 2.50. The first kappa shape index (κ1) is 16.7. The maximum atomic E-state index is 12.1. The zero-order valence-corrected chi connectivity index (χ0v) is 12.8. The minimum atomic E-state index is -1.92. The van der Waals surface area contributed by atoms with Crippen molar-refractivity contribution in [3.05, 3.63) is 11.3 Å². The smallest absolute Gasteiger partial charge is 0.335 e. The standard InChI is InChI=1S/C14H19ClO5/c1-5-6-8(16)10-9(17)7-13(2,3)14(15,11(10)18)12(19)20-4/h18H,5-7H2,1-4H3. The summed E-state index contributed by atoms with van der Waals surface area (Å²) in [6, 6.07) is 0. The second-order valence-corrected chi connectivity index (χ2v) is 6.10. The summed E-state index contributed by atoms with van der Waals surface area (Å²) in [4.78, 5) is 34.1.